The van der Waals surface area contributed by atoms with Crippen molar-refractivity contribution >= 4 is 29.1 Å². The average molecular weight is 576 g/mol. The van der Waals surface area contributed by atoms with E-state index in [0.717, 1.165) is 49.1 Å². The number of nitrogens with one attached hydrogen (secondary N) is 1. The molecule has 214 valence electrons. The lowest BCUT2D eigenvalue weighted by Crippen LogP contribution is -2.50. The first kappa shape index (κ1) is 29.6. The summed E-state index contributed by atoms with van der Waals surface area (Å²) in [5, 5.41) is 3.39. The van der Waals surface area contributed by atoms with Gasteiger partial charge in [-0.05, 0) is 67.6 Å². The van der Waals surface area contributed by atoms with E-state index in [1.54, 1.807) is 40.3 Å². The zero-order valence-corrected chi connectivity index (χ0v) is 23.1. The van der Waals surface area contributed by atoms with Crippen molar-refractivity contribution in [1.29, 1.82) is 0 Å². The Hall–Kier alpha value is -3.37. The monoisotopic (exact) mass is 575 g/mol. The minimum atomic E-state index is -4.36. The van der Waals surface area contributed by atoms with Crippen LogP contribution < -0.4 is 5.32 Å². The third kappa shape index (κ3) is 7.85. The summed E-state index contributed by atoms with van der Waals surface area (Å²) in [4.78, 5) is 33.8. The van der Waals surface area contributed by atoms with Gasteiger partial charge in [-0.15, -0.1) is 0 Å². The zero-order chi connectivity index (χ0) is 28.7. The van der Waals surface area contributed by atoms with Gasteiger partial charge in [-0.25, -0.2) is 4.98 Å². The van der Waals surface area contributed by atoms with Gasteiger partial charge >= 0.3 is 6.18 Å². The lowest BCUT2D eigenvalue weighted by Gasteiger charge is -2.34. The number of anilines is 1. The number of hydrogen-bond acceptors (Lipinski definition) is 4. The van der Waals surface area contributed by atoms with Gasteiger partial charge in [-0.2, -0.15) is 13.2 Å². The molecule has 0 aliphatic carbocycles. The Morgan fingerprint density at radius 1 is 1.12 bits per heavy atom. The van der Waals surface area contributed by atoms with Gasteiger partial charge < -0.3 is 14.8 Å². The van der Waals surface area contributed by atoms with E-state index in [1.165, 1.54) is 12.1 Å². The predicted molar refractivity (Wildman–Crippen MR) is 148 cm³/mol. The van der Waals surface area contributed by atoms with Crippen molar-refractivity contribution in [2.45, 2.75) is 64.5 Å². The Labute approximate surface area is 236 Å². The molecule has 11 heteroatoms. The van der Waals surface area contributed by atoms with Crippen LogP contribution in [0.15, 0.2) is 61.2 Å². The van der Waals surface area contributed by atoms with Crippen LogP contribution in [0.1, 0.15) is 49.3 Å². The van der Waals surface area contributed by atoms with E-state index in [9.17, 15) is 22.8 Å². The van der Waals surface area contributed by atoms with Crippen LogP contribution in [0.3, 0.4) is 0 Å². The van der Waals surface area contributed by atoms with E-state index in [1.807, 2.05) is 13.0 Å². The van der Waals surface area contributed by atoms with Gasteiger partial charge in [0, 0.05) is 42.7 Å². The molecule has 1 saturated heterocycles. The number of aromatic nitrogens is 2. The molecule has 1 aliphatic heterocycles. The summed E-state index contributed by atoms with van der Waals surface area (Å²) in [6.45, 7) is 4.41. The topological polar surface area (TPSA) is 70.5 Å². The van der Waals surface area contributed by atoms with Crippen LogP contribution in [-0.2, 0) is 35.4 Å². The van der Waals surface area contributed by atoms with Crippen molar-refractivity contribution in [1.82, 2.24) is 19.4 Å². The summed E-state index contributed by atoms with van der Waals surface area (Å²) in [5.74, 6) is -0.382. The normalized spacial score (nSPS) is 15.8. The summed E-state index contributed by atoms with van der Waals surface area (Å²) in [5.41, 5.74) is 1.49. The maximum absolute atomic E-state index is 13.2. The molecule has 1 aliphatic rings. The van der Waals surface area contributed by atoms with Crippen molar-refractivity contribution < 1.29 is 22.8 Å². The molecule has 0 saturated carbocycles. The number of nitrogens with zero attached hydrogens (tertiary/aromatic N) is 4. The highest BCUT2D eigenvalue weighted by Gasteiger charge is 2.32. The zero-order valence-electron chi connectivity index (χ0n) is 22.3. The van der Waals surface area contributed by atoms with E-state index < -0.39 is 17.8 Å². The highest BCUT2D eigenvalue weighted by Crippen LogP contribution is 2.30. The summed E-state index contributed by atoms with van der Waals surface area (Å²) in [7, 11) is 0. The highest BCUT2D eigenvalue weighted by atomic mass is 35.5. The van der Waals surface area contributed by atoms with Gasteiger partial charge in [0.25, 0.3) is 0 Å². The van der Waals surface area contributed by atoms with Gasteiger partial charge in [0.05, 0.1) is 11.9 Å². The van der Waals surface area contributed by atoms with Gasteiger partial charge in [0.2, 0.25) is 11.8 Å². The first-order valence-electron chi connectivity index (χ1n) is 13.4. The van der Waals surface area contributed by atoms with Crippen LogP contribution in [-0.4, -0.2) is 50.3 Å². The molecule has 0 spiro atoms. The molecule has 1 atom stereocenters. The molecule has 2 heterocycles. The van der Waals surface area contributed by atoms with Crippen molar-refractivity contribution in [3.05, 3.63) is 82.9 Å². The SMILES string of the molecule is CCCN(Cc1ccc(C(F)(F)F)cc1)Cc1ccc(NC(=O)[C@H]2CCCCN2C(=O)Cn2ccnc2)cc1Cl. The van der Waals surface area contributed by atoms with E-state index in [-0.39, 0.29) is 18.4 Å². The Bertz CT molecular complexity index is 1280. The van der Waals surface area contributed by atoms with Crippen molar-refractivity contribution in [2.75, 3.05) is 18.4 Å². The molecular weight excluding hydrogens is 543 g/mol. The number of rotatable bonds is 10. The molecule has 3 aromatic rings. The fraction of sp³-hybridized carbons (Fsp3) is 0.414. The average Bonchev–Trinajstić information content (AvgIpc) is 3.43. The number of hydrogen-bond donors (Lipinski definition) is 1. The second-order valence-corrected chi connectivity index (χ2v) is 10.4. The Morgan fingerprint density at radius 3 is 2.55 bits per heavy atom. The molecule has 1 fully saturated rings. The van der Waals surface area contributed by atoms with E-state index in [0.29, 0.717) is 36.8 Å². The fourth-order valence-electron chi connectivity index (χ4n) is 4.94. The van der Waals surface area contributed by atoms with Gasteiger partial charge in [-0.3, -0.25) is 14.5 Å². The molecule has 0 bridgehead atoms. The van der Waals surface area contributed by atoms with Crippen LogP contribution in [0, 0.1) is 0 Å². The Balaban J connectivity index is 1.39. The largest absolute Gasteiger partial charge is 0.416 e. The minimum Gasteiger partial charge on any atom is -0.329 e. The van der Waals surface area contributed by atoms with Crippen molar-refractivity contribution in [3.8, 4) is 0 Å². The van der Waals surface area contributed by atoms with E-state index in [4.69, 9.17) is 11.6 Å². The molecule has 0 radical (unpaired) electrons. The summed E-state index contributed by atoms with van der Waals surface area (Å²) < 4.78 is 40.4. The minimum absolute atomic E-state index is 0.129. The standard InChI is InChI=1S/C29H33ClF3N5O2/c1-2-13-36(17-21-6-9-23(10-7-21)29(31,32)33)18-22-8-11-24(16-25(22)30)35-28(40)26-5-3-4-14-38(26)27(39)19-37-15-12-34-20-37/h6-12,15-16,20,26H,2-5,13-14,17-19H2,1H3,(H,35,40)/t26-/m1/s1. The molecule has 40 heavy (non-hydrogen) atoms. The molecule has 4 rings (SSSR count). The summed E-state index contributed by atoms with van der Waals surface area (Å²) in [6, 6.07) is 9.95. The lowest BCUT2D eigenvalue weighted by molar-refractivity contribution is -0.140. The predicted octanol–water partition coefficient (Wildman–Crippen LogP) is 5.99. The first-order chi connectivity index (χ1) is 19.1. The van der Waals surface area contributed by atoms with Crippen LogP contribution in [0.2, 0.25) is 5.02 Å². The molecule has 0 unspecified atom stereocenters. The molecule has 1 aromatic heterocycles. The summed E-state index contributed by atoms with van der Waals surface area (Å²) in [6.07, 6.45) is 3.69. The smallest absolute Gasteiger partial charge is 0.329 e. The Kier molecular flexibility index (Phi) is 9.86. The maximum Gasteiger partial charge on any atom is 0.416 e. The molecule has 2 aromatic carbocycles. The number of piperidine rings is 1. The van der Waals surface area contributed by atoms with E-state index in [2.05, 4.69) is 15.2 Å². The van der Waals surface area contributed by atoms with Crippen LogP contribution in [0.25, 0.3) is 0 Å². The summed E-state index contributed by atoms with van der Waals surface area (Å²) >= 11 is 6.60. The molecule has 2 amide bonds. The number of halogens is 4. The third-order valence-corrected chi connectivity index (χ3v) is 7.30. The number of imidazole rings is 1. The van der Waals surface area contributed by atoms with Crippen LogP contribution in [0.4, 0.5) is 18.9 Å². The van der Waals surface area contributed by atoms with Gasteiger partial charge in [0.1, 0.15) is 12.6 Å². The van der Waals surface area contributed by atoms with Crippen molar-refractivity contribution in [3.63, 3.8) is 0 Å². The van der Waals surface area contributed by atoms with Crippen LogP contribution in [0.5, 0.6) is 0 Å². The molecule has 7 nitrogen and oxygen atoms in total. The van der Waals surface area contributed by atoms with Crippen LogP contribution >= 0.6 is 11.6 Å². The van der Waals surface area contributed by atoms with Gasteiger partial charge in [0.15, 0.2) is 0 Å². The second-order valence-electron chi connectivity index (χ2n) is 10.0. The number of amides is 2. The van der Waals surface area contributed by atoms with Crippen molar-refractivity contribution in [2.24, 2.45) is 0 Å². The first-order valence-corrected chi connectivity index (χ1v) is 13.7. The number of carbonyl (C=O) groups excluding carboxylic acids is 2. The van der Waals surface area contributed by atoms with E-state index >= 15 is 0 Å². The fourth-order valence-corrected chi connectivity index (χ4v) is 5.18. The highest BCUT2D eigenvalue weighted by molar-refractivity contribution is 6.31. The quantitative estimate of drug-likeness (QED) is 0.322. The number of benzene rings is 2. The second kappa shape index (κ2) is 13.3. The Morgan fingerprint density at radius 2 is 1.90 bits per heavy atom. The number of likely N-dealkylation sites (tertiary alicyclic amines) is 1. The molecular formula is C29H33ClF3N5O2. The third-order valence-electron chi connectivity index (χ3n) is 6.94. The maximum atomic E-state index is 13.2. The number of alkyl halides is 3. The van der Waals surface area contributed by atoms with Gasteiger partial charge in [-0.1, -0.05) is 36.7 Å². The number of carbonyl (C=O) groups is 2. The lowest BCUT2D eigenvalue weighted by atomic mass is 10.0. The molecule has 1 N–H and O–H groups in total.